The van der Waals surface area contributed by atoms with Crippen molar-refractivity contribution in [3.05, 3.63) is 71.5 Å². The van der Waals surface area contributed by atoms with Crippen LogP contribution in [-0.4, -0.2) is 30.4 Å². The summed E-state index contributed by atoms with van der Waals surface area (Å²) in [4.78, 5) is 14.7. The zero-order valence-corrected chi connectivity index (χ0v) is 15.2. The quantitative estimate of drug-likeness (QED) is 0.768. The van der Waals surface area contributed by atoms with E-state index in [1.54, 1.807) is 12.1 Å². The summed E-state index contributed by atoms with van der Waals surface area (Å²) < 4.78 is 13.3. The highest BCUT2D eigenvalue weighted by Gasteiger charge is 2.25. The lowest BCUT2D eigenvalue weighted by Crippen LogP contribution is -2.42. The Balaban J connectivity index is 1.41. The minimum atomic E-state index is -0.202. The first kappa shape index (κ1) is 18.6. The van der Waals surface area contributed by atoms with Gasteiger partial charge < -0.3 is 5.32 Å². The Morgan fingerprint density at radius 2 is 1.92 bits per heavy atom. The molecule has 1 aliphatic heterocycles. The van der Waals surface area contributed by atoms with Crippen molar-refractivity contribution in [1.29, 1.82) is 0 Å². The van der Waals surface area contributed by atoms with Gasteiger partial charge >= 0.3 is 0 Å². The van der Waals surface area contributed by atoms with Gasteiger partial charge in [-0.15, -0.1) is 0 Å². The minimum absolute atomic E-state index is 0.0361. The van der Waals surface area contributed by atoms with Gasteiger partial charge in [-0.05, 0) is 55.5 Å². The highest BCUT2D eigenvalue weighted by atomic mass is 19.1. The highest BCUT2D eigenvalue weighted by molar-refractivity contribution is 5.78. The number of carbonyl (C=O) groups is 1. The van der Waals surface area contributed by atoms with Crippen LogP contribution in [0.1, 0.15) is 30.4 Å². The second-order valence-electron chi connectivity index (χ2n) is 7.08. The van der Waals surface area contributed by atoms with Gasteiger partial charge in [0.25, 0.3) is 0 Å². The molecule has 1 saturated heterocycles. The second kappa shape index (κ2) is 9.48. The normalized spacial score (nSPS) is 17.8. The lowest BCUT2D eigenvalue weighted by Gasteiger charge is -2.32. The summed E-state index contributed by atoms with van der Waals surface area (Å²) in [5, 5.41) is 3.09. The molecule has 0 bridgehead atoms. The Bertz CT molecular complexity index is 704. The van der Waals surface area contributed by atoms with E-state index in [2.05, 4.69) is 22.3 Å². The molecule has 0 aliphatic carbocycles. The highest BCUT2D eigenvalue weighted by Crippen LogP contribution is 2.19. The van der Waals surface area contributed by atoms with Crippen LogP contribution in [0.2, 0.25) is 0 Å². The Morgan fingerprint density at radius 3 is 2.73 bits per heavy atom. The van der Waals surface area contributed by atoms with Gasteiger partial charge in [0.2, 0.25) is 5.91 Å². The number of nitrogens with one attached hydrogen (secondary N) is 1. The summed E-state index contributed by atoms with van der Waals surface area (Å²) >= 11 is 0. The number of likely N-dealkylation sites (tertiary alicyclic amines) is 1. The maximum Gasteiger partial charge on any atom is 0.224 e. The van der Waals surface area contributed by atoms with Gasteiger partial charge in [0, 0.05) is 19.6 Å². The van der Waals surface area contributed by atoms with Crippen molar-refractivity contribution >= 4 is 5.91 Å². The summed E-state index contributed by atoms with van der Waals surface area (Å²) in [5.74, 6) is -0.0109. The monoisotopic (exact) mass is 354 g/mol. The average molecular weight is 354 g/mol. The van der Waals surface area contributed by atoms with Crippen LogP contribution in [0.15, 0.2) is 54.6 Å². The molecular weight excluding hydrogens is 327 g/mol. The first-order valence-electron chi connectivity index (χ1n) is 9.49. The number of piperidine rings is 1. The molecule has 4 heteroatoms. The van der Waals surface area contributed by atoms with Gasteiger partial charge in [-0.2, -0.15) is 0 Å². The van der Waals surface area contributed by atoms with Crippen molar-refractivity contribution in [3.63, 3.8) is 0 Å². The zero-order chi connectivity index (χ0) is 18.2. The maximum atomic E-state index is 13.3. The average Bonchev–Trinajstić information content (AvgIpc) is 2.66. The Kier molecular flexibility index (Phi) is 6.78. The van der Waals surface area contributed by atoms with E-state index in [9.17, 15) is 9.18 Å². The summed E-state index contributed by atoms with van der Waals surface area (Å²) in [5.41, 5.74) is 2.27. The van der Waals surface area contributed by atoms with E-state index < -0.39 is 0 Å². The smallest absolute Gasteiger partial charge is 0.224 e. The molecule has 2 aromatic rings. The number of hydrogen-bond donors (Lipinski definition) is 1. The van der Waals surface area contributed by atoms with Crippen molar-refractivity contribution in [1.82, 2.24) is 10.2 Å². The molecule has 0 saturated carbocycles. The predicted octanol–water partition coefficient (Wildman–Crippen LogP) is 3.79. The van der Waals surface area contributed by atoms with Crippen LogP contribution in [0.25, 0.3) is 0 Å². The van der Waals surface area contributed by atoms with Crippen LogP contribution < -0.4 is 5.32 Å². The molecule has 1 heterocycles. The van der Waals surface area contributed by atoms with Crippen LogP contribution >= 0.6 is 0 Å². The number of carbonyl (C=O) groups excluding carboxylic acids is 1. The molecule has 3 rings (SSSR count). The second-order valence-corrected chi connectivity index (χ2v) is 7.08. The van der Waals surface area contributed by atoms with Crippen molar-refractivity contribution in [2.75, 3.05) is 19.6 Å². The Hall–Kier alpha value is -2.20. The lowest BCUT2D eigenvalue weighted by atomic mass is 9.96. The van der Waals surface area contributed by atoms with Crippen LogP contribution in [-0.2, 0) is 17.8 Å². The van der Waals surface area contributed by atoms with Gasteiger partial charge in [-0.25, -0.2) is 4.39 Å². The first-order chi connectivity index (χ1) is 12.7. The van der Waals surface area contributed by atoms with Gasteiger partial charge in [0.05, 0.1) is 5.92 Å². The maximum absolute atomic E-state index is 13.3. The van der Waals surface area contributed by atoms with E-state index in [4.69, 9.17) is 0 Å². The van der Waals surface area contributed by atoms with Gasteiger partial charge in [-0.3, -0.25) is 9.69 Å². The molecule has 138 valence electrons. The number of amides is 1. The molecule has 26 heavy (non-hydrogen) atoms. The molecule has 0 spiro atoms. The molecule has 1 aliphatic rings. The molecule has 1 atom stereocenters. The fraction of sp³-hybridized carbons (Fsp3) is 0.409. The molecule has 1 fully saturated rings. The Labute approximate surface area is 155 Å². The number of rotatable bonds is 7. The summed E-state index contributed by atoms with van der Waals surface area (Å²) in [6.45, 7) is 3.14. The standard InChI is InChI=1S/C22H27FN2O/c23-21-12-4-9-19(15-21)16-25-14-6-11-20(17-25)22(26)24-13-5-10-18-7-2-1-3-8-18/h1-4,7-9,12,15,20H,5-6,10-11,13-14,16-17H2,(H,24,26). The third kappa shape index (κ3) is 5.67. The summed E-state index contributed by atoms with van der Waals surface area (Å²) in [6.07, 6.45) is 3.88. The van der Waals surface area contributed by atoms with E-state index >= 15 is 0 Å². The van der Waals surface area contributed by atoms with Crippen LogP contribution in [0.3, 0.4) is 0 Å². The molecule has 1 unspecified atom stereocenters. The molecule has 1 N–H and O–H groups in total. The van der Waals surface area contributed by atoms with E-state index in [0.29, 0.717) is 13.1 Å². The van der Waals surface area contributed by atoms with Gasteiger partial charge in [-0.1, -0.05) is 42.5 Å². The third-order valence-electron chi connectivity index (χ3n) is 4.96. The third-order valence-corrected chi connectivity index (χ3v) is 4.96. The lowest BCUT2D eigenvalue weighted by molar-refractivity contribution is -0.126. The number of aryl methyl sites for hydroxylation is 1. The van der Waals surface area contributed by atoms with Gasteiger partial charge in [0.1, 0.15) is 5.82 Å². The van der Waals surface area contributed by atoms with E-state index in [1.165, 1.54) is 11.6 Å². The zero-order valence-electron chi connectivity index (χ0n) is 15.2. The number of benzene rings is 2. The van der Waals surface area contributed by atoms with E-state index in [-0.39, 0.29) is 17.6 Å². The van der Waals surface area contributed by atoms with Crippen LogP contribution in [0.4, 0.5) is 4.39 Å². The van der Waals surface area contributed by atoms with E-state index in [1.807, 2.05) is 24.3 Å². The van der Waals surface area contributed by atoms with Crippen molar-refractivity contribution in [2.24, 2.45) is 5.92 Å². The molecule has 2 aromatic carbocycles. The van der Waals surface area contributed by atoms with Gasteiger partial charge in [0.15, 0.2) is 0 Å². The predicted molar refractivity (Wildman–Crippen MR) is 102 cm³/mol. The molecule has 0 radical (unpaired) electrons. The first-order valence-corrected chi connectivity index (χ1v) is 9.49. The molecule has 3 nitrogen and oxygen atoms in total. The molecule has 0 aromatic heterocycles. The van der Waals surface area contributed by atoms with Crippen molar-refractivity contribution in [2.45, 2.75) is 32.2 Å². The number of halogens is 1. The fourth-order valence-electron chi connectivity index (χ4n) is 3.60. The number of hydrogen-bond acceptors (Lipinski definition) is 2. The van der Waals surface area contributed by atoms with Crippen molar-refractivity contribution in [3.8, 4) is 0 Å². The van der Waals surface area contributed by atoms with Crippen LogP contribution in [0, 0.1) is 11.7 Å². The topological polar surface area (TPSA) is 32.3 Å². The summed E-state index contributed by atoms with van der Waals surface area (Å²) in [6, 6.07) is 17.1. The minimum Gasteiger partial charge on any atom is -0.356 e. The molecular formula is C22H27FN2O. The summed E-state index contributed by atoms with van der Waals surface area (Å²) in [7, 11) is 0. The SMILES string of the molecule is O=C(NCCCc1ccccc1)C1CCCN(Cc2cccc(F)c2)C1. The van der Waals surface area contributed by atoms with Crippen molar-refractivity contribution < 1.29 is 9.18 Å². The van der Waals surface area contributed by atoms with Crippen LogP contribution in [0.5, 0.6) is 0 Å². The fourth-order valence-corrected chi connectivity index (χ4v) is 3.60. The Morgan fingerprint density at radius 1 is 1.12 bits per heavy atom. The number of nitrogens with zero attached hydrogens (tertiary/aromatic N) is 1. The largest absolute Gasteiger partial charge is 0.356 e. The molecule has 1 amide bonds. The van der Waals surface area contributed by atoms with E-state index in [0.717, 1.165) is 44.3 Å².